The van der Waals surface area contributed by atoms with E-state index >= 15 is 0 Å². The molecule has 16 heavy (non-hydrogen) atoms. The summed E-state index contributed by atoms with van der Waals surface area (Å²) in [5.74, 6) is 0. The summed E-state index contributed by atoms with van der Waals surface area (Å²) in [4.78, 5) is 2.49. The average molecular weight is 230 g/mol. The molecule has 0 aliphatic rings. The molecule has 4 heteroatoms. The van der Waals surface area contributed by atoms with Crippen LogP contribution in [0.2, 0.25) is 0 Å². The van der Waals surface area contributed by atoms with Crippen LogP contribution >= 0.6 is 0 Å². The van der Waals surface area contributed by atoms with Gasteiger partial charge in [-0.1, -0.05) is 12.8 Å². The minimum Gasteiger partial charge on any atom is -0.330 e. The Balaban J connectivity index is 3.48. The van der Waals surface area contributed by atoms with Crippen LogP contribution in [0.1, 0.15) is 38.5 Å². The highest BCUT2D eigenvalue weighted by atomic mass is 15.1. The predicted octanol–water partition coefficient (Wildman–Crippen LogP) is 0.505. The third kappa shape index (κ3) is 10.4. The van der Waals surface area contributed by atoms with E-state index in [4.69, 9.17) is 17.2 Å². The van der Waals surface area contributed by atoms with Gasteiger partial charge in [0, 0.05) is 0 Å². The fraction of sp³-hybridized carbons (Fsp3) is 1.00. The maximum Gasteiger partial charge on any atom is -0.000671 e. The molecule has 0 fully saturated rings. The number of nitrogens with zero attached hydrogens (tertiary/aromatic N) is 1. The van der Waals surface area contributed by atoms with Gasteiger partial charge in [-0.2, -0.15) is 0 Å². The summed E-state index contributed by atoms with van der Waals surface area (Å²) in [6.45, 7) is 5.81. The lowest BCUT2D eigenvalue weighted by atomic mass is 10.2. The lowest BCUT2D eigenvalue weighted by Crippen LogP contribution is -2.29. The molecule has 0 aromatic carbocycles. The van der Waals surface area contributed by atoms with Gasteiger partial charge < -0.3 is 22.1 Å². The fourth-order valence-corrected chi connectivity index (χ4v) is 1.80. The number of unbranched alkanes of at least 4 members (excludes halogenated alkanes) is 3. The molecule has 0 amide bonds. The lowest BCUT2D eigenvalue weighted by Gasteiger charge is -2.21. The molecule has 0 aliphatic heterocycles. The summed E-state index contributed by atoms with van der Waals surface area (Å²) in [6.07, 6.45) is 7.17. The van der Waals surface area contributed by atoms with E-state index in [1.54, 1.807) is 0 Å². The van der Waals surface area contributed by atoms with Gasteiger partial charge in [0.05, 0.1) is 0 Å². The van der Waals surface area contributed by atoms with E-state index in [9.17, 15) is 0 Å². The van der Waals surface area contributed by atoms with Crippen molar-refractivity contribution in [3.05, 3.63) is 0 Å². The van der Waals surface area contributed by atoms with Crippen molar-refractivity contribution in [1.82, 2.24) is 4.90 Å². The van der Waals surface area contributed by atoms with E-state index in [2.05, 4.69) is 4.90 Å². The van der Waals surface area contributed by atoms with Gasteiger partial charge in [-0.3, -0.25) is 0 Å². The van der Waals surface area contributed by atoms with Crippen LogP contribution in [0.5, 0.6) is 0 Å². The minimum atomic E-state index is 0.784. The topological polar surface area (TPSA) is 81.3 Å². The zero-order valence-corrected chi connectivity index (χ0v) is 10.7. The Morgan fingerprint density at radius 2 is 0.938 bits per heavy atom. The van der Waals surface area contributed by atoms with Crippen molar-refractivity contribution in [3.63, 3.8) is 0 Å². The number of hydrogen-bond donors (Lipinski definition) is 3. The van der Waals surface area contributed by atoms with Crippen LogP contribution in [-0.4, -0.2) is 44.2 Å². The number of rotatable bonds is 12. The normalized spacial score (nSPS) is 11.2. The highest BCUT2D eigenvalue weighted by molar-refractivity contribution is 4.59. The summed E-state index contributed by atoms with van der Waals surface area (Å²) >= 11 is 0. The molecule has 0 aliphatic carbocycles. The van der Waals surface area contributed by atoms with E-state index < -0.39 is 0 Å². The van der Waals surface area contributed by atoms with Crippen LogP contribution < -0.4 is 17.2 Å². The molecule has 0 saturated carbocycles. The monoisotopic (exact) mass is 230 g/mol. The molecular weight excluding hydrogens is 200 g/mol. The first-order chi connectivity index (χ1) is 7.85. The molecular formula is C12H30N4. The van der Waals surface area contributed by atoms with Crippen LogP contribution in [0.4, 0.5) is 0 Å². The average Bonchev–Trinajstić information content (AvgIpc) is 2.31. The molecule has 0 heterocycles. The minimum absolute atomic E-state index is 0.784. The Hall–Kier alpha value is -0.160. The van der Waals surface area contributed by atoms with Crippen molar-refractivity contribution < 1.29 is 0 Å². The highest BCUT2D eigenvalue weighted by Crippen LogP contribution is 2.02. The van der Waals surface area contributed by atoms with Crippen LogP contribution in [0.3, 0.4) is 0 Å². The third-order valence-electron chi connectivity index (χ3n) is 2.79. The summed E-state index contributed by atoms with van der Waals surface area (Å²) in [6, 6.07) is 0. The molecule has 0 aromatic rings. The molecule has 98 valence electrons. The SMILES string of the molecule is NCCCCCCN(CCCN)CCCN. The fourth-order valence-electron chi connectivity index (χ4n) is 1.80. The number of nitrogens with two attached hydrogens (primary N) is 3. The predicted molar refractivity (Wildman–Crippen MR) is 71.3 cm³/mol. The van der Waals surface area contributed by atoms with E-state index in [1.807, 2.05) is 0 Å². The molecule has 0 saturated heterocycles. The van der Waals surface area contributed by atoms with Gasteiger partial charge in [-0.05, 0) is 65.0 Å². The van der Waals surface area contributed by atoms with Crippen LogP contribution in [-0.2, 0) is 0 Å². The van der Waals surface area contributed by atoms with Crippen LogP contribution in [0.15, 0.2) is 0 Å². The Kier molecular flexibility index (Phi) is 12.8. The van der Waals surface area contributed by atoms with E-state index in [0.29, 0.717) is 0 Å². The Labute approximate surface area is 101 Å². The molecule has 0 atom stereocenters. The van der Waals surface area contributed by atoms with Gasteiger partial charge >= 0.3 is 0 Å². The molecule has 4 nitrogen and oxygen atoms in total. The molecule has 0 aromatic heterocycles. The first-order valence-electron chi connectivity index (χ1n) is 6.67. The first kappa shape index (κ1) is 15.8. The van der Waals surface area contributed by atoms with Crippen molar-refractivity contribution in [2.45, 2.75) is 38.5 Å². The van der Waals surface area contributed by atoms with Gasteiger partial charge in [0.15, 0.2) is 0 Å². The van der Waals surface area contributed by atoms with Crippen molar-refractivity contribution in [3.8, 4) is 0 Å². The second kappa shape index (κ2) is 12.9. The molecule has 0 spiro atoms. The van der Waals surface area contributed by atoms with E-state index in [0.717, 1.165) is 52.0 Å². The zero-order chi connectivity index (χ0) is 12.1. The lowest BCUT2D eigenvalue weighted by molar-refractivity contribution is 0.263. The van der Waals surface area contributed by atoms with Gasteiger partial charge in [-0.25, -0.2) is 0 Å². The van der Waals surface area contributed by atoms with Gasteiger partial charge in [0.2, 0.25) is 0 Å². The van der Waals surface area contributed by atoms with Crippen molar-refractivity contribution >= 4 is 0 Å². The summed E-state index contributed by atoms with van der Waals surface area (Å²) in [5.41, 5.74) is 16.5. The Morgan fingerprint density at radius 3 is 1.44 bits per heavy atom. The zero-order valence-electron chi connectivity index (χ0n) is 10.7. The summed E-state index contributed by atoms with van der Waals surface area (Å²) < 4.78 is 0. The first-order valence-corrected chi connectivity index (χ1v) is 6.67. The molecule has 6 N–H and O–H groups in total. The third-order valence-corrected chi connectivity index (χ3v) is 2.79. The number of hydrogen-bond acceptors (Lipinski definition) is 4. The van der Waals surface area contributed by atoms with Gasteiger partial charge in [0.25, 0.3) is 0 Å². The summed E-state index contributed by atoms with van der Waals surface area (Å²) in [5, 5.41) is 0. The maximum absolute atomic E-state index is 5.53. The smallest absolute Gasteiger partial charge is 0.000671 e. The quantitative estimate of drug-likeness (QED) is 0.427. The Morgan fingerprint density at radius 1 is 0.500 bits per heavy atom. The maximum atomic E-state index is 5.53. The van der Waals surface area contributed by atoms with Crippen molar-refractivity contribution in [1.29, 1.82) is 0 Å². The Bertz CT molecular complexity index is 122. The van der Waals surface area contributed by atoms with E-state index in [-0.39, 0.29) is 0 Å². The molecule has 0 rings (SSSR count). The van der Waals surface area contributed by atoms with Crippen molar-refractivity contribution in [2.24, 2.45) is 17.2 Å². The van der Waals surface area contributed by atoms with Gasteiger partial charge in [0.1, 0.15) is 0 Å². The van der Waals surface area contributed by atoms with E-state index in [1.165, 1.54) is 25.8 Å². The molecule has 0 radical (unpaired) electrons. The van der Waals surface area contributed by atoms with Gasteiger partial charge in [-0.15, -0.1) is 0 Å². The second-order valence-corrected chi connectivity index (χ2v) is 4.33. The molecule has 0 unspecified atom stereocenters. The largest absolute Gasteiger partial charge is 0.330 e. The second-order valence-electron chi connectivity index (χ2n) is 4.33. The summed E-state index contributed by atoms with van der Waals surface area (Å²) in [7, 11) is 0. The van der Waals surface area contributed by atoms with Crippen LogP contribution in [0.25, 0.3) is 0 Å². The van der Waals surface area contributed by atoms with Crippen LogP contribution in [0, 0.1) is 0 Å². The molecule has 0 bridgehead atoms. The highest BCUT2D eigenvalue weighted by Gasteiger charge is 2.03. The standard InChI is InChI=1S/C12H30N4/c13-7-3-1-2-4-10-16(11-5-8-14)12-6-9-15/h1-15H2. The van der Waals surface area contributed by atoms with Crippen molar-refractivity contribution in [2.75, 3.05) is 39.3 Å².